The first kappa shape index (κ1) is 21.1. The average molecular weight is 468 g/mol. The number of carbonyl (C=O) groups is 1. The minimum atomic E-state index is -4.75. The van der Waals surface area contributed by atoms with Crippen LogP contribution in [0.15, 0.2) is 33.9 Å². The number of carboxylic acid groups (broad SMARTS) is 1. The molecule has 0 amide bonds. The maximum Gasteiger partial charge on any atom is 0.433 e. The number of hydrogen-bond acceptors (Lipinski definition) is 6. The Balaban J connectivity index is 2.44. The molecule has 0 saturated carbocycles. The molecule has 146 valence electrons. The molecule has 0 saturated heterocycles. The van der Waals surface area contributed by atoms with Crippen LogP contribution in [0.4, 0.5) is 19.0 Å². The summed E-state index contributed by atoms with van der Waals surface area (Å²) in [6.45, 7) is 1.04. The van der Waals surface area contributed by atoms with E-state index < -0.39 is 39.8 Å². The summed E-state index contributed by atoms with van der Waals surface area (Å²) in [5.41, 5.74) is -1.91. The van der Waals surface area contributed by atoms with E-state index in [2.05, 4.69) is 31.2 Å². The lowest BCUT2D eigenvalue weighted by molar-refractivity contribution is -0.141. The Hall–Kier alpha value is -2.21. The predicted octanol–water partition coefficient (Wildman–Crippen LogP) is 3.36. The molecule has 0 bridgehead atoms. The van der Waals surface area contributed by atoms with E-state index in [1.54, 1.807) is 0 Å². The summed E-state index contributed by atoms with van der Waals surface area (Å²) in [7, 11) is -3.68. The lowest BCUT2D eigenvalue weighted by Crippen LogP contribution is -2.15. The van der Waals surface area contributed by atoms with Gasteiger partial charge < -0.3 is 10.4 Å². The normalized spacial score (nSPS) is 12.0. The number of sulfone groups is 1. The van der Waals surface area contributed by atoms with Gasteiger partial charge in [-0.15, -0.1) is 0 Å². The lowest BCUT2D eigenvalue weighted by Gasteiger charge is -2.14. The Kier molecular flexibility index (Phi) is 6.10. The molecule has 0 aliphatic rings. The van der Waals surface area contributed by atoms with Gasteiger partial charge in [-0.2, -0.15) is 13.2 Å². The number of rotatable bonds is 6. The first-order valence-electron chi connectivity index (χ1n) is 7.37. The highest BCUT2D eigenvalue weighted by atomic mass is 79.9. The number of anilines is 1. The van der Waals surface area contributed by atoms with Gasteiger partial charge in [-0.25, -0.2) is 18.2 Å². The topological polar surface area (TPSA) is 109 Å². The second kappa shape index (κ2) is 7.80. The predicted molar refractivity (Wildman–Crippen MR) is 93.2 cm³/mol. The maximum absolute atomic E-state index is 12.8. The van der Waals surface area contributed by atoms with Crippen molar-refractivity contribution in [3.63, 3.8) is 0 Å². The highest BCUT2D eigenvalue weighted by Gasteiger charge is 2.33. The van der Waals surface area contributed by atoms with E-state index in [4.69, 9.17) is 5.11 Å². The van der Waals surface area contributed by atoms with Crippen LogP contribution in [0.3, 0.4) is 0 Å². The molecule has 2 aromatic rings. The SMILES string of the molecule is CCS(=O)(=O)c1cc(Br)cnc1NCc1cc(C(F)(F)F)ncc1C(=O)O. The monoisotopic (exact) mass is 467 g/mol. The molecule has 0 unspecified atom stereocenters. The van der Waals surface area contributed by atoms with E-state index in [0.29, 0.717) is 16.7 Å². The number of aromatic carboxylic acids is 1. The Labute approximate surface area is 160 Å². The van der Waals surface area contributed by atoms with Crippen LogP contribution in [-0.2, 0) is 22.6 Å². The smallest absolute Gasteiger partial charge is 0.433 e. The van der Waals surface area contributed by atoms with E-state index in [0.717, 1.165) is 0 Å². The van der Waals surface area contributed by atoms with Crippen LogP contribution in [0.2, 0.25) is 0 Å². The van der Waals surface area contributed by atoms with Crippen LogP contribution in [-0.4, -0.2) is 35.2 Å². The van der Waals surface area contributed by atoms with Gasteiger partial charge in [0.25, 0.3) is 0 Å². The number of hydrogen-bond donors (Lipinski definition) is 2. The molecule has 7 nitrogen and oxygen atoms in total. The molecule has 0 aromatic carbocycles. The number of carboxylic acids is 1. The van der Waals surface area contributed by atoms with E-state index in [1.807, 2.05) is 0 Å². The van der Waals surface area contributed by atoms with Crippen LogP contribution < -0.4 is 5.32 Å². The van der Waals surface area contributed by atoms with Crippen molar-refractivity contribution < 1.29 is 31.5 Å². The summed E-state index contributed by atoms with van der Waals surface area (Å²) in [6, 6.07) is 1.91. The Morgan fingerprint density at radius 2 is 1.93 bits per heavy atom. The first-order valence-corrected chi connectivity index (χ1v) is 9.81. The number of alkyl halides is 3. The molecule has 2 heterocycles. The van der Waals surface area contributed by atoms with Crippen LogP contribution in [0.5, 0.6) is 0 Å². The molecular formula is C15H13BrF3N3O4S. The molecule has 0 aliphatic carbocycles. The zero-order chi connectivity index (χ0) is 20.4. The minimum Gasteiger partial charge on any atom is -0.478 e. The Morgan fingerprint density at radius 3 is 2.48 bits per heavy atom. The lowest BCUT2D eigenvalue weighted by atomic mass is 10.1. The number of halogens is 4. The number of nitrogens with zero attached hydrogens (tertiary/aromatic N) is 2. The maximum atomic E-state index is 12.8. The first-order chi connectivity index (χ1) is 12.5. The average Bonchev–Trinajstić information content (AvgIpc) is 2.59. The van der Waals surface area contributed by atoms with Crippen LogP contribution >= 0.6 is 15.9 Å². The van der Waals surface area contributed by atoms with E-state index in [9.17, 15) is 26.4 Å². The fourth-order valence-corrected chi connectivity index (χ4v) is 3.64. The fraction of sp³-hybridized carbons (Fsp3) is 0.267. The molecule has 2 N–H and O–H groups in total. The van der Waals surface area contributed by atoms with Crippen molar-refractivity contribution in [2.45, 2.75) is 24.5 Å². The van der Waals surface area contributed by atoms with Crippen molar-refractivity contribution in [3.05, 3.63) is 45.8 Å². The zero-order valence-corrected chi connectivity index (χ0v) is 16.1. The molecule has 2 rings (SSSR count). The van der Waals surface area contributed by atoms with E-state index in [-0.39, 0.29) is 22.0 Å². The van der Waals surface area contributed by atoms with Gasteiger partial charge in [0.1, 0.15) is 16.4 Å². The third kappa shape index (κ3) is 4.95. The van der Waals surface area contributed by atoms with E-state index in [1.165, 1.54) is 19.2 Å². The van der Waals surface area contributed by atoms with Crippen LogP contribution in [0.25, 0.3) is 0 Å². The van der Waals surface area contributed by atoms with Gasteiger partial charge in [-0.05, 0) is 33.6 Å². The van der Waals surface area contributed by atoms with Crippen molar-refractivity contribution in [3.8, 4) is 0 Å². The minimum absolute atomic E-state index is 0.0956. The Morgan fingerprint density at radius 1 is 1.26 bits per heavy atom. The largest absolute Gasteiger partial charge is 0.478 e. The molecule has 0 radical (unpaired) electrons. The zero-order valence-electron chi connectivity index (χ0n) is 13.7. The summed E-state index contributed by atoms with van der Waals surface area (Å²) in [5, 5.41) is 11.7. The standard InChI is InChI=1S/C15H13BrF3N3O4S/c1-2-27(25,26)11-4-9(16)6-22-13(11)21-5-8-3-12(15(17,18)19)20-7-10(8)14(23)24/h3-4,6-7H,2,5H2,1H3,(H,21,22)(H,23,24). The van der Waals surface area contributed by atoms with Gasteiger partial charge in [0, 0.05) is 23.4 Å². The summed E-state index contributed by atoms with van der Waals surface area (Å²) < 4.78 is 63.3. The molecule has 12 heteroatoms. The molecule has 2 aromatic heterocycles. The van der Waals surface area contributed by atoms with Crippen molar-refractivity contribution in [1.82, 2.24) is 9.97 Å². The fourth-order valence-electron chi connectivity index (χ4n) is 2.12. The second-order valence-corrected chi connectivity index (χ2v) is 8.45. The highest BCUT2D eigenvalue weighted by Crippen LogP contribution is 2.29. The van der Waals surface area contributed by atoms with Crippen molar-refractivity contribution in [2.75, 3.05) is 11.1 Å². The summed E-state index contributed by atoms with van der Waals surface area (Å²) >= 11 is 3.11. The van der Waals surface area contributed by atoms with Gasteiger partial charge >= 0.3 is 12.1 Å². The van der Waals surface area contributed by atoms with Gasteiger partial charge in [0.05, 0.1) is 11.3 Å². The molecule has 0 atom stereocenters. The molecule has 0 fully saturated rings. The number of pyridine rings is 2. The van der Waals surface area contributed by atoms with E-state index >= 15 is 0 Å². The number of aromatic nitrogens is 2. The van der Waals surface area contributed by atoms with Gasteiger partial charge in [-0.3, -0.25) is 4.98 Å². The van der Waals surface area contributed by atoms with Gasteiger partial charge in [0.2, 0.25) is 0 Å². The summed E-state index contributed by atoms with van der Waals surface area (Å²) in [6.07, 6.45) is -2.83. The second-order valence-electron chi connectivity index (χ2n) is 5.29. The molecule has 0 spiro atoms. The highest BCUT2D eigenvalue weighted by molar-refractivity contribution is 9.10. The molecule has 27 heavy (non-hydrogen) atoms. The van der Waals surface area contributed by atoms with Crippen molar-refractivity contribution >= 4 is 37.6 Å². The Bertz CT molecular complexity index is 981. The quantitative estimate of drug-likeness (QED) is 0.669. The third-order valence-electron chi connectivity index (χ3n) is 3.49. The molecule has 0 aliphatic heterocycles. The van der Waals surface area contributed by atoms with Crippen LogP contribution in [0.1, 0.15) is 28.5 Å². The number of nitrogens with one attached hydrogen (secondary N) is 1. The summed E-state index contributed by atoms with van der Waals surface area (Å²) in [5.74, 6) is -1.77. The van der Waals surface area contributed by atoms with Crippen LogP contribution in [0, 0.1) is 0 Å². The van der Waals surface area contributed by atoms with Gasteiger partial charge in [-0.1, -0.05) is 6.92 Å². The van der Waals surface area contributed by atoms with Crippen molar-refractivity contribution in [1.29, 1.82) is 0 Å². The molecular weight excluding hydrogens is 455 g/mol. The summed E-state index contributed by atoms with van der Waals surface area (Å²) in [4.78, 5) is 18.1. The van der Waals surface area contributed by atoms with Gasteiger partial charge in [0.15, 0.2) is 9.84 Å². The third-order valence-corrected chi connectivity index (χ3v) is 5.67. The van der Waals surface area contributed by atoms with Crippen molar-refractivity contribution in [2.24, 2.45) is 0 Å².